The van der Waals surface area contributed by atoms with Crippen LogP contribution in [-0.2, 0) is 4.79 Å². The lowest BCUT2D eigenvalue weighted by molar-refractivity contribution is -0.120. The molecule has 90 valence electrons. The largest absolute Gasteiger partial charge is 0.466 e. The molecule has 0 fully saturated rings. The van der Waals surface area contributed by atoms with Gasteiger partial charge in [-0.05, 0) is 26.3 Å². The van der Waals surface area contributed by atoms with Crippen LogP contribution in [0.5, 0.6) is 0 Å². The van der Waals surface area contributed by atoms with Crippen LogP contribution in [0.2, 0.25) is 0 Å². The number of furan rings is 1. The summed E-state index contributed by atoms with van der Waals surface area (Å²) in [5.41, 5.74) is 0.809. The molecular weight excluding hydrogens is 206 g/mol. The molecule has 0 aliphatic heterocycles. The molecule has 0 aliphatic rings. The smallest absolute Gasteiger partial charge is 0.219 e. The van der Waals surface area contributed by atoms with Gasteiger partial charge >= 0.3 is 0 Å². The van der Waals surface area contributed by atoms with Gasteiger partial charge in [0.15, 0.2) is 0 Å². The first-order valence-electron chi connectivity index (χ1n) is 5.56. The summed E-state index contributed by atoms with van der Waals surface area (Å²) in [7, 11) is 0. The van der Waals surface area contributed by atoms with Gasteiger partial charge in [0.1, 0.15) is 11.5 Å². The van der Waals surface area contributed by atoms with E-state index in [1.165, 1.54) is 0 Å². The van der Waals surface area contributed by atoms with Gasteiger partial charge < -0.3 is 14.8 Å². The number of hydrogen-bond acceptors (Lipinski definition) is 3. The minimum Gasteiger partial charge on any atom is -0.466 e. The van der Waals surface area contributed by atoms with E-state index in [4.69, 9.17) is 4.42 Å². The lowest BCUT2D eigenvalue weighted by Crippen LogP contribution is -2.24. The summed E-state index contributed by atoms with van der Waals surface area (Å²) in [6.45, 7) is 5.96. The van der Waals surface area contributed by atoms with Crippen molar-refractivity contribution in [2.24, 2.45) is 0 Å². The first kappa shape index (κ1) is 12.8. The molecule has 1 rings (SSSR count). The molecule has 0 saturated carbocycles. The van der Waals surface area contributed by atoms with Crippen molar-refractivity contribution in [3.63, 3.8) is 0 Å². The molecule has 1 atom stereocenters. The standard InChI is InChI=1S/C12H19NO3/c1-4-12(15)13-6-5-11(14)10-7-8(2)16-9(10)3/h7,11,14H,4-6H2,1-3H3,(H,13,15). The topological polar surface area (TPSA) is 62.5 Å². The molecule has 0 aliphatic carbocycles. The zero-order chi connectivity index (χ0) is 12.1. The van der Waals surface area contributed by atoms with E-state index >= 15 is 0 Å². The van der Waals surface area contributed by atoms with E-state index in [1.807, 2.05) is 19.9 Å². The Morgan fingerprint density at radius 1 is 1.56 bits per heavy atom. The van der Waals surface area contributed by atoms with Gasteiger partial charge in [-0.25, -0.2) is 0 Å². The Morgan fingerprint density at radius 3 is 2.75 bits per heavy atom. The second-order valence-electron chi connectivity index (χ2n) is 3.88. The number of amides is 1. The molecule has 0 aromatic carbocycles. The number of rotatable bonds is 5. The molecular formula is C12H19NO3. The van der Waals surface area contributed by atoms with E-state index in [0.717, 1.165) is 17.1 Å². The van der Waals surface area contributed by atoms with E-state index in [2.05, 4.69) is 5.32 Å². The zero-order valence-corrected chi connectivity index (χ0v) is 10.0. The maximum absolute atomic E-state index is 11.0. The first-order chi connectivity index (χ1) is 7.54. The van der Waals surface area contributed by atoms with Crippen molar-refractivity contribution >= 4 is 5.91 Å². The number of aliphatic hydroxyl groups is 1. The van der Waals surface area contributed by atoms with E-state index in [1.54, 1.807) is 6.92 Å². The first-order valence-corrected chi connectivity index (χ1v) is 5.56. The lowest BCUT2D eigenvalue weighted by Gasteiger charge is -2.09. The Labute approximate surface area is 95.7 Å². The number of carbonyl (C=O) groups excluding carboxylic acids is 1. The van der Waals surface area contributed by atoms with E-state index < -0.39 is 6.10 Å². The van der Waals surface area contributed by atoms with Crippen LogP contribution in [0.25, 0.3) is 0 Å². The van der Waals surface area contributed by atoms with Gasteiger partial charge in [-0.2, -0.15) is 0 Å². The van der Waals surface area contributed by atoms with Crippen molar-refractivity contribution in [1.82, 2.24) is 5.32 Å². The van der Waals surface area contributed by atoms with Gasteiger partial charge in [0.2, 0.25) is 5.91 Å². The van der Waals surface area contributed by atoms with Gasteiger partial charge in [0.25, 0.3) is 0 Å². The molecule has 0 saturated heterocycles. The maximum Gasteiger partial charge on any atom is 0.219 e. The third-order valence-corrected chi connectivity index (χ3v) is 2.50. The van der Waals surface area contributed by atoms with Crippen molar-refractivity contribution in [3.8, 4) is 0 Å². The Balaban J connectivity index is 2.43. The summed E-state index contributed by atoms with van der Waals surface area (Å²) in [5, 5.41) is 12.6. The molecule has 0 bridgehead atoms. The predicted molar refractivity (Wildman–Crippen MR) is 61.1 cm³/mol. The molecule has 1 heterocycles. The lowest BCUT2D eigenvalue weighted by atomic mass is 10.1. The van der Waals surface area contributed by atoms with Crippen molar-refractivity contribution in [3.05, 3.63) is 23.2 Å². The Bertz CT molecular complexity index is 357. The molecule has 1 aromatic rings. The van der Waals surface area contributed by atoms with Crippen molar-refractivity contribution in [2.75, 3.05) is 6.54 Å². The molecule has 2 N–H and O–H groups in total. The third kappa shape index (κ3) is 3.38. The highest BCUT2D eigenvalue weighted by Gasteiger charge is 2.14. The van der Waals surface area contributed by atoms with Crippen LogP contribution >= 0.6 is 0 Å². The Kier molecular flexibility index (Phi) is 4.55. The summed E-state index contributed by atoms with van der Waals surface area (Å²) in [5.74, 6) is 1.54. The molecule has 4 nitrogen and oxygen atoms in total. The van der Waals surface area contributed by atoms with Crippen molar-refractivity contribution in [1.29, 1.82) is 0 Å². The summed E-state index contributed by atoms with van der Waals surface area (Å²) >= 11 is 0. The van der Waals surface area contributed by atoms with Crippen molar-refractivity contribution < 1.29 is 14.3 Å². The van der Waals surface area contributed by atoms with Crippen molar-refractivity contribution in [2.45, 2.75) is 39.7 Å². The third-order valence-electron chi connectivity index (χ3n) is 2.50. The van der Waals surface area contributed by atoms with Crippen LogP contribution in [0.4, 0.5) is 0 Å². The van der Waals surface area contributed by atoms with Gasteiger partial charge in [-0.15, -0.1) is 0 Å². The molecule has 1 aromatic heterocycles. The second kappa shape index (κ2) is 5.70. The monoisotopic (exact) mass is 225 g/mol. The summed E-state index contributed by atoms with van der Waals surface area (Å²) in [4.78, 5) is 11.0. The highest BCUT2D eigenvalue weighted by Crippen LogP contribution is 2.23. The minimum absolute atomic E-state index is 0.00676. The zero-order valence-electron chi connectivity index (χ0n) is 10.0. The number of aliphatic hydroxyl groups excluding tert-OH is 1. The van der Waals surface area contributed by atoms with Gasteiger partial charge in [0, 0.05) is 18.5 Å². The predicted octanol–water partition coefficient (Wildman–Crippen LogP) is 1.85. The number of aryl methyl sites for hydroxylation is 2. The SMILES string of the molecule is CCC(=O)NCCC(O)c1cc(C)oc1C. The molecule has 0 spiro atoms. The number of carbonyl (C=O) groups is 1. The summed E-state index contributed by atoms with van der Waals surface area (Å²) < 4.78 is 5.34. The molecule has 16 heavy (non-hydrogen) atoms. The highest BCUT2D eigenvalue weighted by atomic mass is 16.3. The van der Waals surface area contributed by atoms with Crippen LogP contribution in [0.1, 0.15) is 43.0 Å². The quantitative estimate of drug-likeness (QED) is 0.803. The van der Waals surface area contributed by atoms with Crippen LogP contribution in [0, 0.1) is 13.8 Å². The van der Waals surface area contributed by atoms with Crippen LogP contribution in [0.15, 0.2) is 10.5 Å². The highest BCUT2D eigenvalue weighted by molar-refractivity contribution is 5.75. The molecule has 4 heteroatoms. The number of hydrogen-bond donors (Lipinski definition) is 2. The Hall–Kier alpha value is -1.29. The van der Waals surface area contributed by atoms with Crippen LogP contribution in [0.3, 0.4) is 0 Å². The van der Waals surface area contributed by atoms with Crippen LogP contribution < -0.4 is 5.32 Å². The van der Waals surface area contributed by atoms with Gasteiger partial charge in [0.05, 0.1) is 6.10 Å². The second-order valence-corrected chi connectivity index (χ2v) is 3.88. The Morgan fingerprint density at radius 2 is 2.25 bits per heavy atom. The summed E-state index contributed by atoms with van der Waals surface area (Å²) in [6, 6.07) is 1.83. The fourth-order valence-corrected chi connectivity index (χ4v) is 1.61. The van der Waals surface area contributed by atoms with Crippen LogP contribution in [-0.4, -0.2) is 17.6 Å². The molecule has 0 radical (unpaired) electrons. The number of nitrogens with one attached hydrogen (secondary N) is 1. The minimum atomic E-state index is -0.574. The fourth-order valence-electron chi connectivity index (χ4n) is 1.61. The van der Waals surface area contributed by atoms with E-state index in [0.29, 0.717) is 19.4 Å². The van der Waals surface area contributed by atoms with E-state index in [9.17, 15) is 9.90 Å². The average Bonchev–Trinajstić information content (AvgIpc) is 2.57. The van der Waals surface area contributed by atoms with Gasteiger partial charge in [-0.3, -0.25) is 4.79 Å². The van der Waals surface area contributed by atoms with E-state index in [-0.39, 0.29) is 5.91 Å². The maximum atomic E-state index is 11.0. The average molecular weight is 225 g/mol. The molecule has 1 unspecified atom stereocenters. The summed E-state index contributed by atoms with van der Waals surface area (Å²) in [6.07, 6.45) is 0.403. The van der Waals surface area contributed by atoms with Gasteiger partial charge in [-0.1, -0.05) is 6.92 Å². The normalized spacial score (nSPS) is 12.5. The fraction of sp³-hybridized carbons (Fsp3) is 0.583. The molecule has 1 amide bonds.